The van der Waals surface area contributed by atoms with Gasteiger partial charge >= 0.3 is 0 Å². The van der Waals surface area contributed by atoms with Crippen LogP contribution in [0.1, 0.15) is 12.5 Å². The molecule has 28 heavy (non-hydrogen) atoms. The third kappa shape index (κ3) is 6.18. The SMILES string of the molecule is COC[C@@H](C)NC(=O)CN(Cc1ccc(Cl)cc1Cl)S(=O)(=O)c1ccccc1. The Bertz CT molecular complexity index is 907. The first kappa shape index (κ1) is 22.6. The fraction of sp³-hybridized carbons (Fsp3) is 0.316. The van der Waals surface area contributed by atoms with Gasteiger partial charge in [-0.05, 0) is 36.8 Å². The molecule has 6 nitrogen and oxygen atoms in total. The fourth-order valence-electron chi connectivity index (χ4n) is 2.58. The summed E-state index contributed by atoms with van der Waals surface area (Å²) >= 11 is 12.1. The molecular weight excluding hydrogens is 423 g/mol. The lowest BCUT2D eigenvalue weighted by molar-refractivity contribution is -0.122. The Hall–Kier alpha value is -1.64. The lowest BCUT2D eigenvalue weighted by atomic mass is 10.2. The average molecular weight is 445 g/mol. The molecule has 1 atom stereocenters. The second-order valence-electron chi connectivity index (χ2n) is 6.25. The van der Waals surface area contributed by atoms with Gasteiger partial charge in [0.15, 0.2) is 0 Å². The minimum absolute atomic E-state index is 0.0701. The van der Waals surface area contributed by atoms with Crippen LogP contribution < -0.4 is 5.32 Å². The number of rotatable bonds is 9. The highest BCUT2D eigenvalue weighted by Gasteiger charge is 2.27. The summed E-state index contributed by atoms with van der Waals surface area (Å²) < 4.78 is 32.3. The van der Waals surface area contributed by atoms with Crippen molar-refractivity contribution in [3.05, 3.63) is 64.1 Å². The van der Waals surface area contributed by atoms with Gasteiger partial charge in [0.25, 0.3) is 0 Å². The zero-order valence-corrected chi connectivity index (χ0v) is 17.9. The molecule has 0 unspecified atom stereocenters. The molecule has 0 saturated carbocycles. The molecule has 2 aromatic carbocycles. The van der Waals surface area contributed by atoms with Crippen LogP contribution in [0.25, 0.3) is 0 Å². The monoisotopic (exact) mass is 444 g/mol. The van der Waals surface area contributed by atoms with Crippen molar-refractivity contribution >= 4 is 39.1 Å². The molecule has 152 valence electrons. The number of hydrogen-bond donors (Lipinski definition) is 1. The van der Waals surface area contributed by atoms with E-state index in [1.54, 1.807) is 37.3 Å². The smallest absolute Gasteiger partial charge is 0.243 e. The molecule has 0 aliphatic carbocycles. The molecule has 0 aromatic heterocycles. The van der Waals surface area contributed by atoms with Crippen molar-refractivity contribution in [3.8, 4) is 0 Å². The van der Waals surface area contributed by atoms with Gasteiger partial charge in [-0.25, -0.2) is 8.42 Å². The van der Waals surface area contributed by atoms with E-state index in [-0.39, 0.29) is 24.0 Å². The van der Waals surface area contributed by atoms with Crippen LogP contribution >= 0.6 is 23.2 Å². The molecule has 0 saturated heterocycles. The molecule has 0 fully saturated rings. The summed E-state index contributed by atoms with van der Waals surface area (Å²) in [5.74, 6) is -0.436. The summed E-state index contributed by atoms with van der Waals surface area (Å²) in [6, 6.07) is 12.5. The number of hydrogen-bond acceptors (Lipinski definition) is 4. The fourth-order valence-corrected chi connectivity index (χ4v) is 4.44. The summed E-state index contributed by atoms with van der Waals surface area (Å²) in [5.41, 5.74) is 0.545. The molecule has 9 heteroatoms. The molecule has 1 amide bonds. The maximum atomic E-state index is 13.1. The topological polar surface area (TPSA) is 75.7 Å². The predicted molar refractivity (Wildman–Crippen MR) is 110 cm³/mol. The molecule has 2 aromatic rings. The van der Waals surface area contributed by atoms with E-state index in [1.165, 1.54) is 25.3 Å². The second-order valence-corrected chi connectivity index (χ2v) is 9.03. The van der Waals surface area contributed by atoms with Crippen molar-refractivity contribution < 1.29 is 17.9 Å². The number of halogens is 2. The number of carbonyl (C=O) groups is 1. The van der Waals surface area contributed by atoms with Crippen LogP contribution in [0.5, 0.6) is 0 Å². The van der Waals surface area contributed by atoms with Gasteiger partial charge in [-0.3, -0.25) is 4.79 Å². The van der Waals surface area contributed by atoms with Crippen molar-refractivity contribution in [2.24, 2.45) is 0 Å². The van der Waals surface area contributed by atoms with Crippen molar-refractivity contribution in [3.63, 3.8) is 0 Å². The Morgan fingerprint density at radius 1 is 1.18 bits per heavy atom. The van der Waals surface area contributed by atoms with Crippen LogP contribution in [0.4, 0.5) is 0 Å². The zero-order valence-electron chi connectivity index (χ0n) is 15.6. The van der Waals surface area contributed by atoms with Crippen LogP contribution in [0.3, 0.4) is 0 Å². The summed E-state index contributed by atoms with van der Waals surface area (Å²) in [6.07, 6.45) is 0. The highest BCUT2D eigenvalue weighted by Crippen LogP contribution is 2.25. The van der Waals surface area contributed by atoms with Gasteiger partial charge in [0.05, 0.1) is 18.0 Å². The van der Waals surface area contributed by atoms with Crippen LogP contribution in [0.2, 0.25) is 10.0 Å². The molecule has 0 bridgehead atoms. The van der Waals surface area contributed by atoms with E-state index in [0.29, 0.717) is 22.2 Å². The first-order valence-corrected chi connectivity index (χ1v) is 10.7. The van der Waals surface area contributed by atoms with E-state index < -0.39 is 15.9 Å². The zero-order chi connectivity index (χ0) is 20.7. The molecule has 0 aliphatic rings. The number of nitrogens with zero attached hydrogens (tertiary/aromatic N) is 1. The highest BCUT2D eigenvalue weighted by atomic mass is 35.5. The summed E-state index contributed by atoms with van der Waals surface area (Å²) in [5, 5.41) is 3.49. The average Bonchev–Trinajstić information content (AvgIpc) is 2.64. The number of carbonyl (C=O) groups excluding carboxylic acids is 1. The van der Waals surface area contributed by atoms with Gasteiger partial charge in [0.2, 0.25) is 15.9 Å². The Balaban J connectivity index is 2.31. The predicted octanol–water partition coefficient (Wildman–Crippen LogP) is 3.34. The van der Waals surface area contributed by atoms with Gasteiger partial charge in [0, 0.05) is 29.7 Å². The molecule has 2 rings (SSSR count). The van der Waals surface area contributed by atoms with Crippen molar-refractivity contribution in [1.82, 2.24) is 9.62 Å². The first-order valence-electron chi connectivity index (χ1n) is 8.51. The Morgan fingerprint density at radius 3 is 2.46 bits per heavy atom. The van der Waals surface area contributed by atoms with Crippen molar-refractivity contribution in [2.45, 2.75) is 24.4 Å². The number of ether oxygens (including phenoxy) is 1. The number of nitrogens with one attached hydrogen (secondary N) is 1. The van der Waals surface area contributed by atoms with Gasteiger partial charge in [-0.1, -0.05) is 47.5 Å². The number of sulfonamides is 1. The van der Waals surface area contributed by atoms with E-state index in [1.807, 2.05) is 0 Å². The lowest BCUT2D eigenvalue weighted by Crippen LogP contribution is -2.44. The standard InChI is InChI=1S/C19H22Cl2N2O4S/c1-14(13-27-2)22-19(24)12-23(11-15-8-9-16(20)10-18(15)21)28(25,26)17-6-4-3-5-7-17/h3-10,14H,11-13H2,1-2H3,(H,22,24)/t14-/m1/s1. The Morgan fingerprint density at radius 2 is 1.86 bits per heavy atom. The third-order valence-electron chi connectivity index (χ3n) is 3.89. The van der Waals surface area contributed by atoms with E-state index >= 15 is 0 Å². The lowest BCUT2D eigenvalue weighted by Gasteiger charge is -2.23. The minimum atomic E-state index is -3.92. The van der Waals surface area contributed by atoms with Gasteiger partial charge < -0.3 is 10.1 Å². The molecule has 0 aliphatic heterocycles. The van der Waals surface area contributed by atoms with Gasteiger partial charge in [0.1, 0.15) is 0 Å². The van der Waals surface area contributed by atoms with E-state index in [2.05, 4.69) is 5.32 Å². The molecule has 0 heterocycles. The largest absolute Gasteiger partial charge is 0.383 e. The van der Waals surface area contributed by atoms with Crippen LogP contribution in [0.15, 0.2) is 53.4 Å². The molecule has 1 N–H and O–H groups in total. The Labute approximate surface area is 175 Å². The van der Waals surface area contributed by atoms with Gasteiger partial charge in [-0.15, -0.1) is 0 Å². The normalized spacial score (nSPS) is 12.8. The van der Waals surface area contributed by atoms with Crippen LogP contribution in [-0.2, 0) is 26.1 Å². The van der Waals surface area contributed by atoms with E-state index in [9.17, 15) is 13.2 Å². The van der Waals surface area contributed by atoms with Crippen molar-refractivity contribution in [2.75, 3.05) is 20.3 Å². The molecular formula is C19H22Cl2N2O4S. The highest BCUT2D eigenvalue weighted by molar-refractivity contribution is 7.89. The third-order valence-corrected chi connectivity index (χ3v) is 6.28. The quantitative estimate of drug-likeness (QED) is 0.643. The summed E-state index contributed by atoms with van der Waals surface area (Å²) in [6.45, 7) is 1.66. The number of benzene rings is 2. The number of amides is 1. The summed E-state index contributed by atoms with van der Waals surface area (Å²) in [7, 11) is -2.39. The Kier molecular flexibility index (Phi) is 8.27. The molecule has 0 spiro atoms. The van der Waals surface area contributed by atoms with Crippen molar-refractivity contribution in [1.29, 1.82) is 0 Å². The maximum absolute atomic E-state index is 13.1. The number of methoxy groups -OCH3 is 1. The maximum Gasteiger partial charge on any atom is 0.243 e. The van der Waals surface area contributed by atoms with Gasteiger partial charge in [-0.2, -0.15) is 4.31 Å². The van der Waals surface area contributed by atoms with Crippen LogP contribution in [-0.4, -0.2) is 44.9 Å². The van der Waals surface area contributed by atoms with E-state index in [0.717, 1.165) is 4.31 Å². The van der Waals surface area contributed by atoms with E-state index in [4.69, 9.17) is 27.9 Å². The van der Waals surface area contributed by atoms with Crippen LogP contribution in [0, 0.1) is 0 Å². The first-order chi connectivity index (χ1) is 13.2. The second kappa shape index (κ2) is 10.2. The summed E-state index contributed by atoms with van der Waals surface area (Å²) in [4.78, 5) is 12.5. The minimum Gasteiger partial charge on any atom is -0.383 e. The molecule has 0 radical (unpaired) electrons.